The monoisotopic (exact) mass is 301 g/mol. The van der Waals surface area contributed by atoms with Crippen LogP contribution in [0.25, 0.3) is 0 Å². The number of halogens is 1. The Morgan fingerprint density at radius 1 is 1.32 bits per heavy atom. The van der Waals surface area contributed by atoms with Crippen molar-refractivity contribution in [2.45, 2.75) is 37.0 Å². The van der Waals surface area contributed by atoms with Crippen LogP contribution in [-0.2, 0) is 9.84 Å². The highest BCUT2D eigenvalue weighted by Crippen LogP contribution is 2.37. The van der Waals surface area contributed by atoms with Crippen molar-refractivity contribution in [1.82, 2.24) is 0 Å². The smallest absolute Gasteiger partial charge is 0.150 e. The van der Waals surface area contributed by atoms with Crippen LogP contribution in [0.3, 0.4) is 0 Å². The van der Waals surface area contributed by atoms with Crippen molar-refractivity contribution in [2.24, 2.45) is 11.7 Å². The van der Waals surface area contributed by atoms with Crippen LogP contribution in [0.15, 0.2) is 24.3 Å². The lowest BCUT2D eigenvalue weighted by molar-refractivity contribution is 0.309. The lowest BCUT2D eigenvalue weighted by Crippen LogP contribution is -2.33. The summed E-state index contributed by atoms with van der Waals surface area (Å²) in [5, 5.41) is 0.413. The fourth-order valence-corrected chi connectivity index (χ4v) is 4.35. The van der Waals surface area contributed by atoms with E-state index >= 15 is 0 Å². The van der Waals surface area contributed by atoms with Crippen LogP contribution < -0.4 is 5.73 Å². The number of hydrogen-bond acceptors (Lipinski definition) is 3. The molecule has 0 saturated heterocycles. The van der Waals surface area contributed by atoms with Gasteiger partial charge in [0.2, 0.25) is 0 Å². The third-order valence-electron chi connectivity index (χ3n) is 4.04. The van der Waals surface area contributed by atoms with Gasteiger partial charge in [0, 0.05) is 17.3 Å². The molecule has 3 unspecified atom stereocenters. The highest BCUT2D eigenvalue weighted by atomic mass is 35.5. The fourth-order valence-electron chi connectivity index (χ4n) is 2.90. The fraction of sp³-hybridized carbons (Fsp3) is 0.571. The molecule has 2 N–H and O–H groups in total. The van der Waals surface area contributed by atoms with Crippen LogP contribution in [-0.4, -0.2) is 19.9 Å². The Morgan fingerprint density at radius 2 is 2.00 bits per heavy atom. The molecule has 0 radical (unpaired) electrons. The third-order valence-corrected chi connectivity index (χ3v) is 6.03. The molecule has 2 rings (SSSR count). The zero-order valence-electron chi connectivity index (χ0n) is 11.0. The van der Waals surface area contributed by atoms with Gasteiger partial charge in [-0.25, -0.2) is 8.42 Å². The predicted molar refractivity (Wildman–Crippen MR) is 79.0 cm³/mol. The van der Waals surface area contributed by atoms with E-state index in [1.165, 1.54) is 6.26 Å². The Kier molecular flexibility index (Phi) is 4.54. The number of nitrogens with two attached hydrogens (primary N) is 1. The molecule has 1 fully saturated rings. The van der Waals surface area contributed by atoms with Crippen LogP contribution in [0.5, 0.6) is 0 Å². The number of benzene rings is 1. The second kappa shape index (κ2) is 5.81. The molecule has 1 saturated carbocycles. The maximum Gasteiger partial charge on any atom is 0.150 e. The lowest BCUT2D eigenvalue weighted by Gasteiger charge is -2.32. The van der Waals surface area contributed by atoms with Gasteiger partial charge in [0.25, 0.3) is 0 Å². The van der Waals surface area contributed by atoms with Gasteiger partial charge in [-0.2, -0.15) is 0 Å². The Bertz CT molecular complexity index is 544. The quantitative estimate of drug-likeness (QED) is 0.934. The first kappa shape index (κ1) is 14.8. The van der Waals surface area contributed by atoms with Crippen molar-refractivity contribution in [2.75, 3.05) is 6.26 Å². The summed E-state index contributed by atoms with van der Waals surface area (Å²) in [5.74, 6) is 0.188. The van der Waals surface area contributed by atoms with E-state index < -0.39 is 9.84 Å². The SMILES string of the molecule is CS(=O)(=O)C1CCCC(C(N)c2ccccc2Cl)C1. The average molecular weight is 302 g/mol. The van der Waals surface area contributed by atoms with Gasteiger partial charge in [-0.05, 0) is 36.8 Å². The minimum Gasteiger partial charge on any atom is -0.324 e. The van der Waals surface area contributed by atoms with Crippen molar-refractivity contribution < 1.29 is 8.42 Å². The van der Waals surface area contributed by atoms with Crippen LogP contribution in [0.2, 0.25) is 5.02 Å². The predicted octanol–water partition coefficient (Wildman–Crippen LogP) is 2.94. The number of hydrogen-bond donors (Lipinski definition) is 1. The first-order valence-corrected chi connectivity index (χ1v) is 8.91. The molecule has 1 aromatic rings. The largest absolute Gasteiger partial charge is 0.324 e. The van der Waals surface area contributed by atoms with Crippen LogP contribution in [0.4, 0.5) is 0 Å². The highest BCUT2D eigenvalue weighted by molar-refractivity contribution is 7.91. The van der Waals surface area contributed by atoms with E-state index in [-0.39, 0.29) is 17.2 Å². The zero-order chi connectivity index (χ0) is 14.0. The normalized spacial score (nSPS) is 26.1. The molecular formula is C14H20ClNO2S. The molecule has 3 nitrogen and oxygen atoms in total. The van der Waals surface area contributed by atoms with Gasteiger partial charge in [-0.3, -0.25) is 0 Å². The van der Waals surface area contributed by atoms with E-state index in [1.54, 1.807) is 0 Å². The summed E-state index contributed by atoms with van der Waals surface area (Å²) in [6.45, 7) is 0. The molecule has 0 heterocycles. The summed E-state index contributed by atoms with van der Waals surface area (Å²) in [6, 6.07) is 7.36. The van der Waals surface area contributed by atoms with Crippen molar-refractivity contribution in [3.05, 3.63) is 34.9 Å². The van der Waals surface area contributed by atoms with Gasteiger partial charge in [0.1, 0.15) is 9.84 Å². The van der Waals surface area contributed by atoms with Crippen molar-refractivity contribution >= 4 is 21.4 Å². The van der Waals surface area contributed by atoms with Gasteiger partial charge in [-0.15, -0.1) is 0 Å². The van der Waals surface area contributed by atoms with Crippen LogP contribution in [0.1, 0.15) is 37.3 Å². The molecule has 0 spiro atoms. The Morgan fingerprint density at radius 3 is 2.63 bits per heavy atom. The first-order chi connectivity index (χ1) is 8.89. The average Bonchev–Trinajstić information content (AvgIpc) is 2.38. The van der Waals surface area contributed by atoms with E-state index in [0.717, 1.165) is 24.8 Å². The van der Waals surface area contributed by atoms with E-state index in [2.05, 4.69) is 0 Å². The zero-order valence-corrected chi connectivity index (χ0v) is 12.6. The molecule has 0 aliphatic heterocycles. The van der Waals surface area contributed by atoms with Gasteiger partial charge in [-0.1, -0.05) is 36.2 Å². The van der Waals surface area contributed by atoms with E-state index in [9.17, 15) is 8.42 Å². The van der Waals surface area contributed by atoms with Crippen LogP contribution >= 0.6 is 11.6 Å². The second-order valence-corrected chi connectivity index (χ2v) is 8.16. The maximum absolute atomic E-state index is 11.7. The highest BCUT2D eigenvalue weighted by Gasteiger charge is 2.32. The molecule has 0 amide bonds. The minimum absolute atomic E-state index is 0.182. The van der Waals surface area contributed by atoms with Crippen molar-refractivity contribution in [3.8, 4) is 0 Å². The topological polar surface area (TPSA) is 60.2 Å². The second-order valence-electron chi connectivity index (χ2n) is 5.43. The van der Waals surface area contributed by atoms with Crippen LogP contribution in [0, 0.1) is 5.92 Å². The first-order valence-electron chi connectivity index (χ1n) is 6.58. The molecule has 1 aliphatic carbocycles. The summed E-state index contributed by atoms with van der Waals surface area (Å²) in [7, 11) is -2.97. The van der Waals surface area contributed by atoms with Crippen molar-refractivity contribution in [1.29, 1.82) is 0 Å². The molecule has 0 aromatic heterocycles. The summed E-state index contributed by atoms with van der Waals surface area (Å²) in [5.41, 5.74) is 7.22. The molecule has 1 aromatic carbocycles. The number of sulfone groups is 1. The molecule has 0 bridgehead atoms. The van der Waals surface area contributed by atoms with E-state index in [4.69, 9.17) is 17.3 Å². The number of rotatable bonds is 3. The van der Waals surface area contributed by atoms with E-state index in [1.807, 2.05) is 24.3 Å². The molecule has 5 heteroatoms. The Hall–Kier alpha value is -0.580. The minimum atomic E-state index is -2.97. The summed E-state index contributed by atoms with van der Waals surface area (Å²) >= 11 is 6.17. The van der Waals surface area contributed by atoms with Gasteiger partial charge in [0.05, 0.1) is 5.25 Å². The summed E-state index contributed by atoms with van der Waals surface area (Å²) in [6.07, 6.45) is 4.61. The summed E-state index contributed by atoms with van der Waals surface area (Å²) < 4.78 is 23.4. The van der Waals surface area contributed by atoms with Crippen molar-refractivity contribution in [3.63, 3.8) is 0 Å². The molecule has 19 heavy (non-hydrogen) atoms. The maximum atomic E-state index is 11.7. The standard InChI is InChI=1S/C14H20ClNO2S/c1-19(17,18)11-6-4-5-10(9-11)14(16)12-7-2-3-8-13(12)15/h2-3,7-8,10-11,14H,4-6,9,16H2,1H3. The van der Waals surface area contributed by atoms with Gasteiger partial charge >= 0.3 is 0 Å². The Labute approximate surface area is 120 Å². The summed E-state index contributed by atoms with van der Waals surface area (Å²) in [4.78, 5) is 0. The molecular weight excluding hydrogens is 282 g/mol. The Balaban J connectivity index is 2.16. The lowest BCUT2D eigenvalue weighted by atomic mass is 9.81. The van der Waals surface area contributed by atoms with Gasteiger partial charge < -0.3 is 5.73 Å². The third kappa shape index (κ3) is 3.50. The van der Waals surface area contributed by atoms with E-state index in [0.29, 0.717) is 11.4 Å². The molecule has 3 atom stereocenters. The van der Waals surface area contributed by atoms with Gasteiger partial charge in [0.15, 0.2) is 0 Å². The molecule has 1 aliphatic rings. The molecule has 106 valence electrons.